The first-order valence-corrected chi connectivity index (χ1v) is 5.03. The van der Waals surface area contributed by atoms with Gasteiger partial charge in [0.1, 0.15) is 0 Å². The summed E-state index contributed by atoms with van der Waals surface area (Å²) in [4.78, 5) is 4.13. The molecule has 0 aliphatic carbocycles. The minimum absolute atomic E-state index is 0.706. The van der Waals surface area contributed by atoms with E-state index in [0.29, 0.717) is 10.7 Å². The molecule has 0 atom stereocenters. The van der Waals surface area contributed by atoms with Gasteiger partial charge in [0.15, 0.2) is 0 Å². The molecule has 0 N–H and O–H groups in total. The summed E-state index contributed by atoms with van der Waals surface area (Å²) in [5, 5.41) is 0.706. The maximum atomic E-state index is 6.05. The van der Waals surface area contributed by atoms with Gasteiger partial charge in [-0.15, -0.1) is 0 Å². The maximum absolute atomic E-state index is 6.05. The first-order chi connectivity index (χ1) is 6.69. The number of halogens is 1. The van der Waals surface area contributed by atoms with Crippen molar-refractivity contribution in [2.75, 3.05) is 0 Å². The molecule has 0 radical (unpaired) electrons. The highest BCUT2D eigenvalue weighted by atomic mass is 35.5. The Bertz CT molecular complexity index is 367. The van der Waals surface area contributed by atoms with Crippen LogP contribution in [0.5, 0.6) is 0 Å². The van der Waals surface area contributed by atoms with Crippen LogP contribution in [-0.4, -0.2) is 6.21 Å². The molecule has 0 aliphatic heterocycles. The van der Waals surface area contributed by atoms with Gasteiger partial charge >= 0.3 is 0 Å². The Morgan fingerprint density at radius 1 is 1.57 bits per heavy atom. The summed E-state index contributed by atoms with van der Waals surface area (Å²) in [6, 6.07) is 5.96. The van der Waals surface area contributed by atoms with Crippen molar-refractivity contribution in [1.29, 1.82) is 0 Å². The Morgan fingerprint density at radius 3 is 2.86 bits per heavy atom. The fourth-order valence-corrected chi connectivity index (χ4v) is 1.47. The molecule has 0 fully saturated rings. The Balaban J connectivity index is 3.12. The molecule has 1 rings (SSSR count). The Morgan fingerprint density at radius 2 is 2.29 bits per heavy atom. The summed E-state index contributed by atoms with van der Waals surface area (Å²) in [7, 11) is 0. The minimum Gasteiger partial charge on any atom is -0.261 e. The molecule has 14 heavy (non-hydrogen) atoms. The molecule has 0 spiro atoms. The zero-order valence-electron chi connectivity index (χ0n) is 8.55. The van der Waals surface area contributed by atoms with Crippen LogP contribution in [0.2, 0.25) is 5.02 Å². The zero-order chi connectivity index (χ0) is 10.6. The molecule has 1 aromatic carbocycles. The third kappa shape index (κ3) is 2.46. The summed E-state index contributed by atoms with van der Waals surface area (Å²) in [5.41, 5.74) is 2.88. The normalized spacial score (nSPS) is 10.8. The maximum Gasteiger partial charge on any atom is 0.0641 e. The summed E-state index contributed by atoms with van der Waals surface area (Å²) >= 11 is 6.05. The third-order valence-electron chi connectivity index (χ3n) is 2.03. The molecule has 0 unspecified atom stereocenters. The van der Waals surface area contributed by atoms with E-state index < -0.39 is 0 Å². The lowest BCUT2D eigenvalue weighted by Crippen LogP contribution is -1.86. The van der Waals surface area contributed by atoms with Crippen molar-refractivity contribution in [2.45, 2.75) is 20.3 Å². The Kier molecular flexibility index (Phi) is 3.90. The fraction of sp³-hybridized carbons (Fsp3) is 0.250. The largest absolute Gasteiger partial charge is 0.261 e. The highest BCUT2D eigenvalue weighted by molar-refractivity contribution is 6.32. The van der Waals surface area contributed by atoms with Crippen molar-refractivity contribution in [3.63, 3.8) is 0 Å². The summed E-state index contributed by atoms with van der Waals surface area (Å²) in [5.74, 6) is 0. The molecule has 0 saturated heterocycles. The van der Waals surface area contributed by atoms with Gasteiger partial charge in [0.05, 0.1) is 5.70 Å². The molecule has 0 amide bonds. The van der Waals surface area contributed by atoms with Crippen molar-refractivity contribution in [3.05, 3.63) is 40.9 Å². The van der Waals surface area contributed by atoms with E-state index in [1.165, 1.54) is 5.56 Å². The highest BCUT2D eigenvalue weighted by Gasteiger charge is 2.03. The lowest BCUT2D eigenvalue weighted by atomic mass is 10.1. The van der Waals surface area contributed by atoms with Crippen LogP contribution in [0.1, 0.15) is 25.0 Å². The third-order valence-corrected chi connectivity index (χ3v) is 2.36. The lowest BCUT2D eigenvalue weighted by molar-refractivity contribution is 1.14. The van der Waals surface area contributed by atoms with Gasteiger partial charge < -0.3 is 0 Å². The molecule has 0 aromatic heterocycles. The van der Waals surface area contributed by atoms with E-state index in [1.807, 2.05) is 25.1 Å². The molecule has 1 nitrogen and oxygen atoms in total. The molecule has 0 heterocycles. The van der Waals surface area contributed by atoms with Gasteiger partial charge in [-0.25, -0.2) is 0 Å². The predicted octanol–water partition coefficient (Wildman–Crippen LogP) is 3.96. The summed E-state index contributed by atoms with van der Waals surface area (Å²) in [6.07, 6.45) is 2.71. The molecule has 2 heteroatoms. The molecule has 0 saturated carbocycles. The molecule has 0 aliphatic rings. The highest BCUT2D eigenvalue weighted by Crippen LogP contribution is 2.24. The van der Waals surface area contributed by atoms with E-state index in [9.17, 15) is 0 Å². The van der Waals surface area contributed by atoms with Crippen molar-refractivity contribution >= 4 is 23.5 Å². The number of rotatable bonds is 3. The minimum atomic E-state index is 0.706. The quantitative estimate of drug-likeness (QED) is 0.666. The number of aryl methyl sites for hydroxylation is 1. The van der Waals surface area contributed by atoms with Crippen LogP contribution in [0.4, 0.5) is 0 Å². The number of aliphatic imine (C=N–C) groups is 1. The number of hydrogen-bond donors (Lipinski definition) is 0. The van der Waals surface area contributed by atoms with Crippen molar-refractivity contribution in [2.24, 2.45) is 4.99 Å². The molecule has 1 aromatic rings. The van der Waals surface area contributed by atoms with Gasteiger partial charge in [0, 0.05) is 16.8 Å². The van der Waals surface area contributed by atoms with Gasteiger partial charge in [-0.05, 0) is 31.0 Å². The van der Waals surface area contributed by atoms with Crippen LogP contribution in [0.15, 0.2) is 29.8 Å². The van der Waals surface area contributed by atoms with Crippen LogP contribution in [0, 0.1) is 0 Å². The average Bonchev–Trinajstić information content (AvgIpc) is 2.19. The van der Waals surface area contributed by atoms with E-state index in [4.69, 9.17) is 11.6 Å². The molecular weight excluding hydrogens is 194 g/mol. The molecule has 74 valence electrons. The van der Waals surface area contributed by atoms with Crippen molar-refractivity contribution in [1.82, 2.24) is 0 Å². The van der Waals surface area contributed by atoms with Crippen LogP contribution >= 0.6 is 11.6 Å². The Hall–Kier alpha value is -1.08. The standard InChI is InChI=1S/C12H14ClN/c1-4-10-6-7-12(13)11(8-10)9(3)14-5-2/h5-8H,3-4H2,1-2H3. The lowest BCUT2D eigenvalue weighted by Gasteiger charge is -2.05. The number of hydrogen-bond acceptors (Lipinski definition) is 1. The van der Waals surface area contributed by atoms with E-state index in [1.54, 1.807) is 6.21 Å². The van der Waals surface area contributed by atoms with Crippen LogP contribution in [0.25, 0.3) is 5.70 Å². The predicted molar refractivity (Wildman–Crippen MR) is 64.0 cm³/mol. The van der Waals surface area contributed by atoms with E-state index >= 15 is 0 Å². The van der Waals surface area contributed by atoms with E-state index in [2.05, 4.69) is 18.5 Å². The fourth-order valence-electron chi connectivity index (χ4n) is 1.24. The van der Waals surface area contributed by atoms with Gasteiger partial charge in [-0.1, -0.05) is 31.2 Å². The topological polar surface area (TPSA) is 12.4 Å². The van der Waals surface area contributed by atoms with E-state index in [0.717, 1.165) is 12.0 Å². The van der Waals surface area contributed by atoms with Crippen LogP contribution in [0.3, 0.4) is 0 Å². The zero-order valence-corrected chi connectivity index (χ0v) is 9.30. The molecular formula is C12H14ClN. The second kappa shape index (κ2) is 4.97. The second-order valence-corrected chi connectivity index (χ2v) is 3.41. The molecule has 0 bridgehead atoms. The second-order valence-electron chi connectivity index (χ2n) is 3.00. The average molecular weight is 208 g/mol. The summed E-state index contributed by atoms with van der Waals surface area (Å²) < 4.78 is 0. The Labute approximate surface area is 90.1 Å². The van der Waals surface area contributed by atoms with Crippen molar-refractivity contribution < 1.29 is 0 Å². The summed E-state index contributed by atoms with van der Waals surface area (Å²) in [6.45, 7) is 7.84. The number of benzene rings is 1. The van der Waals surface area contributed by atoms with Crippen LogP contribution < -0.4 is 0 Å². The smallest absolute Gasteiger partial charge is 0.0641 e. The first kappa shape index (κ1) is 11.0. The van der Waals surface area contributed by atoms with E-state index in [-0.39, 0.29) is 0 Å². The SMILES string of the molecule is C=C(N=CC)c1cc(CC)ccc1Cl. The first-order valence-electron chi connectivity index (χ1n) is 4.65. The monoisotopic (exact) mass is 207 g/mol. The van der Waals surface area contributed by atoms with Gasteiger partial charge in [0.2, 0.25) is 0 Å². The van der Waals surface area contributed by atoms with Gasteiger partial charge in [-0.3, -0.25) is 4.99 Å². The van der Waals surface area contributed by atoms with Crippen LogP contribution in [-0.2, 0) is 6.42 Å². The van der Waals surface area contributed by atoms with Gasteiger partial charge in [-0.2, -0.15) is 0 Å². The van der Waals surface area contributed by atoms with Gasteiger partial charge in [0.25, 0.3) is 0 Å². The van der Waals surface area contributed by atoms with Crippen molar-refractivity contribution in [3.8, 4) is 0 Å². The number of nitrogens with zero attached hydrogens (tertiary/aromatic N) is 1.